The number of fused-ring (bicyclic) bond motifs is 7. The third-order valence-corrected chi connectivity index (χ3v) is 10.3. The molecule has 150 valence electrons. The Morgan fingerprint density at radius 3 is 1.35 bits per heavy atom. The Labute approximate surface area is 206 Å². The van der Waals surface area contributed by atoms with E-state index in [2.05, 4.69) is 114 Å². The minimum Gasteiger partial charge on any atom is -0.306 e. The highest BCUT2D eigenvalue weighted by Gasteiger charge is 2.26. The number of rotatable bonds is 2. The van der Waals surface area contributed by atoms with Gasteiger partial charge in [-0.05, 0) is 68.3 Å². The summed E-state index contributed by atoms with van der Waals surface area (Å²) >= 11 is 13.0. The summed E-state index contributed by atoms with van der Waals surface area (Å²) in [6.07, 6.45) is 0. The van der Waals surface area contributed by atoms with Gasteiger partial charge in [0, 0.05) is 11.4 Å². The largest absolute Gasteiger partial charge is 0.306 e. The van der Waals surface area contributed by atoms with Crippen LogP contribution in [0, 0.1) is 0 Å². The van der Waals surface area contributed by atoms with Gasteiger partial charge in [-0.15, -0.1) is 34.0 Å². The lowest BCUT2D eigenvalue weighted by atomic mass is 10.3. The SMILES string of the molecule is Brc1cc2c(s1)c1sc3c4sc(Br)cc4n(-c4ccccc4)c3c1n2-c1ccccc1. The summed E-state index contributed by atoms with van der Waals surface area (Å²) in [5, 5.41) is 0. The van der Waals surface area contributed by atoms with Crippen LogP contribution in [0.25, 0.3) is 52.2 Å². The molecule has 7 rings (SSSR count). The molecule has 0 spiro atoms. The van der Waals surface area contributed by atoms with Crippen LogP contribution in [0.1, 0.15) is 0 Å². The Kier molecular flexibility index (Phi) is 4.09. The maximum atomic E-state index is 3.73. The van der Waals surface area contributed by atoms with Crippen LogP contribution in [0.3, 0.4) is 0 Å². The summed E-state index contributed by atoms with van der Waals surface area (Å²) in [6.45, 7) is 0. The molecular weight excluding hydrogens is 572 g/mol. The summed E-state index contributed by atoms with van der Waals surface area (Å²) in [4.78, 5) is 0. The fraction of sp³-hybridized carbons (Fsp3) is 0. The molecule has 7 aromatic rings. The van der Waals surface area contributed by atoms with Gasteiger partial charge in [-0.1, -0.05) is 36.4 Å². The number of nitrogens with zero attached hydrogens (tertiary/aromatic N) is 2. The molecular formula is C24H12Br2N2S3. The molecule has 0 N–H and O–H groups in total. The lowest BCUT2D eigenvalue weighted by molar-refractivity contribution is 1.15. The van der Waals surface area contributed by atoms with Crippen molar-refractivity contribution in [2.75, 3.05) is 0 Å². The van der Waals surface area contributed by atoms with Crippen LogP contribution >= 0.6 is 65.9 Å². The van der Waals surface area contributed by atoms with Crippen LogP contribution in [-0.4, -0.2) is 9.13 Å². The number of thiophene rings is 3. The summed E-state index contributed by atoms with van der Waals surface area (Å²) in [6, 6.07) is 25.9. The molecule has 5 aromatic heterocycles. The normalized spacial score (nSPS) is 12.2. The van der Waals surface area contributed by atoms with E-state index in [1.165, 1.54) is 52.2 Å². The van der Waals surface area contributed by atoms with Crippen LogP contribution < -0.4 is 0 Å². The topological polar surface area (TPSA) is 9.86 Å². The molecule has 7 heteroatoms. The standard InChI is InChI=1S/C24H12Br2N2S3/c25-17-11-15-21(29-17)23-19(27(15)13-7-3-1-4-8-13)20-24(31-23)22-16(12-18(26)30-22)28(20)14-9-5-2-6-10-14/h1-12H. The van der Waals surface area contributed by atoms with E-state index in [-0.39, 0.29) is 0 Å². The molecule has 0 unspecified atom stereocenters. The van der Waals surface area contributed by atoms with Crippen molar-refractivity contribution < 1.29 is 0 Å². The Bertz CT molecular complexity index is 1620. The van der Waals surface area contributed by atoms with Crippen LogP contribution in [0.2, 0.25) is 0 Å². The maximum Gasteiger partial charge on any atom is 0.0908 e. The summed E-state index contributed by atoms with van der Waals surface area (Å²) in [5.74, 6) is 0. The van der Waals surface area contributed by atoms with Gasteiger partial charge in [0.25, 0.3) is 0 Å². The molecule has 0 saturated carbocycles. The quantitative estimate of drug-likeness (QED) is 0.192. The van der Waals surface area contributed by atoms with E-state index in [4.69, 9.17) is 0 Å². The first-order valence-electron chi connectivity index (χ1n) is 9.67. The van der Waals surface area contributed by atoms with E-state index >= 15 is 0 Å². The average Bonchev–Trinajstić information content (AvgIpc) is 3.54. The second-order valence-electron chi connectivity index (χ2n) is 7.33. The second kappa shape index (κ2) is 6.80. The van der Waals surface area contributed by atoms with E-state index in [9.17, 15) is 0 Å². The third kappa shape index (κ3) is 2.58. The fourth-order valence-corrected chi connectivity index (χ4v) is 9.12. The van der Waals surface area contributed by atoms with Gasteiger partial charge >= 0.3 is 0 Å². The zero-order chi connectivity index (χ0) is 20.7. The van der Waals surface area contributed by atoms with Gasteiger partial charge in [0.05, 0.1) is 48.4 Å². The van der Waals surface area contributed by atoms with Crippen LogP contribution in [-0.2, 0) is 0 Å². The second-order valence-corrected chi connectivity index (χ2v) is 13.2. The Balaban J connectivity index is 1.76. The molecule has 0 amide bonds. The van der Waals surface area contributed by atoms with Crippen molar-refractivity contribution in [3.8, 4) is 11.4 Å². The summed E-state index contributed by atoms with van der Waals surface area (Å²) in [5.41, 5.74) is 7.50. The smallest absolute Gasteiger partial charge is 0.0908 e. The first-order valence-corrected chi connectivity index (χ1v) is 13.7. The van der Waals surface area contributed by atoms with Crippen LogP contribution in [0.5, 0.6) is 0 Å². The molecule has 0 atom stereocenters. The van der Waals surface area contributed by atoms with Gasteiger partial charge in [-0.3, -0.25) is 0 Å². The number of para-hydroxylation sites is 2. The Morgan fingerprint density at radius 1 is 0.516 bits per heavy atom. The minimum absolute atomic E-state index is 1.16. The Hall–Kier alpha value is -1.90. The third-order valence-electron chi connectivity index (χ3n) is 5.59. The number of aromatic nitrogens is 2. The number of halogens is 2. The van der Waals surface area contributed by atoms with Gasteiger partial charge in [0.1, 0.15) is 0 Å². The van der Waals surface area contributed by atoms with Crippen molar-refractivity contribution in [1.82, 2.24) is 9.13 Å². The van der Waals surface area contributed by atoms with E-state index < -0.39 is 0 Å². The van der Waals surface area contributed by atoms with Crippen molar-refractivity contribution in [1.29, 1.82) is 0 Å². The predicted octanol–water partition coefficient (Wildman–Crippen LogP) is 9.59. The van der Waals surface area contributed by atoms with Gasteiger partial charge in [-0.25, -0.2) is 0 Å². The molecule has 0 aliphatic rings. The maximum absolute atomic E-state index is 3.73. The van der Waals surface area contributed by atoms with Crippen molar-refractivity contribution >= 4 is 107 Å². The first kappa shape index (κ1) is 18.7. The lowest BCUT2D eigenvalue weighted by Crippen LogP contribution is -1.96. The molecule has 2 nitrogen and oxygen atoms in total. The molecule has 31 heavy (non-hydrogen) atoms. The van der Waals surface area contributed by atoms with E-state index in [0.29, 0.717) is 0 Å². The van der Waals surface area contributed by atoms with Crippen molar-refractivity contribution in [3.05, 3.63) is 80.4 Å². The van der Waals surface area contributed by atoms with Crippen LogP contribution in [0.15, 0.2) is 80.4 Å². The van der Waals surface area contributed by atoms with Gasteiger partial charge in [0.2, 0.25) is 0 Å². The summed E-state index contributed by atoms with van der Waals surface area (Å²) in [7, 11) is 0. The zero-order valence-electron chi connectivity index (χ0n) is 15.8. The van der Waals surface area contributed by atoms with Gasteiger partial charge in [-0.2, -0.15) is 0 Å². The van der Waals surface area contributed by atoms with Crippen molar-refractivity contribution in [2.45, 2.75) is 0 Å². The molecule has 5 heterocycles. The molecule has 0 fully saturated rings. The van der Waals surface area contributed by atoms with Gasteiger partial charge < -0.3 is 9.13 Å². The molecule has 0 aliphatic carbocycles. The van der Waals surface area contributed by atoms with Crippen molar-refractivity contribution in [2.24, 2.45) is 0 Å². The van der Waals surface area contributed by atoms with Gasteiger partial charge in [0.15, 0.2) is 0 Å². The van der Waals surface area contributed by atoms with E-state index in [1.807, 2.05) is 34.0 Å². The lowest BCUT2D eigenvalue weighted by Gasteiger charge is -2.09. The molecule has 0 saturated heterocycles. The van der Waals surface area contributed by atoms with E-state index in [0.717, 1.165) is 7.57 Å². The molecule has 0 bridgehead atoms. The predicted molar refractivity (Wildman–Crippen MR) is 144 cm³/mol. The highest BCUT2D eigenvalue weighted by Crippen LogP contribution is 2.51. The molecule has 0 aliphatic heterocycles. The number of hydrogen-bond donors (Lipinski definition) is 0. The fourth-order valence-electron chi connectivity index (χ4n) is 4.43. The van der Waals surface area contributed by atoms with Crippen LogP contribution in [0.4, 0.5) is 0 Å². The van der Waals surface area contributed by atoms with Crippen molar-refractivity contribution in [3.63, 3.8) is 0 Å². The highest BCUT2D eigenvalue weighted by molar-refractivity contribution is 9.11. The molecule has 0 radical (unpaired) electrons. The first-order chi connectivity index (χ1) is 15.2. The van der Waals surface area contributed by atoms with E-state index in [1.54, 1.807) is 0 Å². The number of benzene rings is 2. The highest BCUT2D eigenvalue weighted by atomic mass is 79.9. The monoisotopic (exact) mass is 582 g/mol. The summed E-state index contributed by atoms with van der Waals surface area (Å²) < 4.78 is 12.6. The minimum atomic E-state index is 1.16. The Morgan fingerprint density at radius 2 is 0.935 bits per heavy atom. The zero-order valence-corrected chi connectivity index (χ0v) is 21.4. The average molecular weight is 584 g/mol. The number of hydrogen-bond acceptors (Lipinski definition) is 3. The molecule has 2 aromatic carbocycles.